The van der Waals surface area contributed by atoms with Gasteiger partial charge < -0.3 is 14.8 Å². The maximum Gasteiger partial charge on any atom is 0.411 e. The van der Waals surface area contributed by atoms with Crippen molar-refractivity contribution in [1.82, 2.24) is 5.32 Å². The largest absolute Gasteiger partial charge is 0.496 e. The van der Waals surface area contributed by atoms with E-state index in [9.17, 15) is 18.0 Å². The van der Waals surface area contributed by atoms with Gasteiger partial charge in [0.25, 0.3) is 0 Å². The molecule has 0 radical (unpaired) electrons. The van der Waals surface area contributed by atoms with Gasteiger partial charge in [0.1, 0.15) is 18.5 Å². The van der Waals surface area contributed by atoms with Gasteiger partial charge in [-0.15, -0.1) is 0 Å². The van der Waals surface area contributed by atoms with Gasteiger partial charge in [0.15, 0.2) is 0 Å². The molecule has 0 fully saturated rings. The molecule has 1 rings (SSSR count). The van der Waals surface area contributed by atoms with Gasteiger partial charge in [0, 0.05) is 5.56 Å². The average Bonchev–Trinajstić information content (AvgIpc) is 2.43. The van der Waals surface area contributed by atoms with E-state index in [4.69, 9.17) is 4.74 Å². The predicted molar refractivity (Wildman–Crippen MR) is 75.8 cm³/mol. The topological polar surface area (TPSA) is 47.6 Å². The Bertz CT molecular complexity index is 517. The highest BCUT2D eigenvalue weighted by atomic mass is 19.4. The summed E-state index contributed by atoms with van der Waals surface area (Å²) in [6.07, 6.45) is -5.65. The van der Waals surface area contributed by atoms with E-state index in [1.54, 1.807) is 13.0 Å². The summed E-state index contributed by atoms with van der Waals surface area (Å²) in [6, 6.07) is 5.08. The summed E-state index contributed by atoms with van der Waals surface area (Å²) < 4.78 is 46.0. The van der Waals surface area contributed by atoms with Crippen LogP contribution in [0.25, 0.3) is 0 Å². The fourth-order valence-corrected chi connectivity index (χ4v) is 1.90. The number of carbonyl (C=O) groups is 1. The number of methoxy groups -OCH3 is 1. The maximum atomic E-state index is 12.1. The molecule has 0 saturated carbocycles. The van der Waals surface area contributed by atoms with E-state index >= 15 is 0 Å². The number of benzene rings is 1. The molecule has 7 heteroatoms. The summed E-state index contributed by atoms with van der Waals surface area (Å²) in [4.78, 5) is 11.9. The second-order valence-corrected chi connectivity index (χ2v) is 5.04. The molecule has 0 bridgehead atoms. The van der Waals surface area contributed by atoms with Crippen LogP contribution in [-0.2, 0) is 9.53 Å². The molecule has 4 nitrogen and oxygen atoms in total. The molecule has 0 aliphatic rings. The van der Waals surface area contributed by atoms with Gasteiger partial charge in [0.05, 0.1) is 13.2 Å². The zero-order valence-corrected chi connectivity index (χ0v) is 13.0. The third kappa shape index (κ3) is 5.55. The molecule has 1 aromatic carbocycles. The van der Waals surface area contributed by atoms with Gasteiger partial charge in [-0.25, -0.2) is 0 Å². The lowest BCUT2D eigenvalue weighted by Gasteiger charge is -2.20. The van der Waals surface area contributed by atoms with E-state index in [0.29, 0.717) is 5.75 Å². The molecule has 22 heavy (non-hydrogen) atoms. The van der Waals surface area contributed by atoms with Gasteiger partial charge in [0.2, 0.25) is 5.91 Å². The number of rotatable bonds is 6. The molecule has 2 unspecified atom stereocenters. The fraction of sp³-hybridized carbons (Fsp3) is 0.533. The smallest absolute Gasteiger partial charge is 0.411 e. The van der Waals surface area contributed by atoms with Gasteiger partial charge in [-0.3, -0.25) is 4.79 Å². The molecule has 0 saturated heterocycles. The first kappa shape index (κ1) is 18.3. The number of hydrogen-bond acceptors (Lipinski definition) is 3. The number of ether oxygens (including phenoxy) is 2. The van der Waals surface area contributed by atoms with Crippen LogP contribution in [0.4, 0.5) is 13.2 Å². The zero-order chi connectivity index (χ0) is 16.9. The molecule has 124 valence electrons. The number of halogens is 3. The summed E-state index contributed by atoms with van der Waals surface area (Å²) in [5, 5.41) is 2.62. The second-order valence-electron chi connectivity index (χ2n) is 5.04. The monoisotopic (exact) mass is 319 g/mol. The first-order chi connectivity index (χ1) is 10.1. The molecular weight excluding hydrogens is 299 g/mol. The lowest BCUT2D eigenvalue weighted by molar-refractivity contribution is -0.185. The molecule has 0 aliphatic carbocycles. The molecule has 2 atom stereocenters. The molecule has 1 amide bonds. The number of amides is 1. The Morgan fingerprint density at radius 2 is 1.95 bits per heavy atom. The quantitative estimate of drug-likeness (QED) is 0.876. The molecule has 0 aliphatic heterocycles. The third-order valence-corrected chi connectivity index (χ3v) is 3.08. The Morgan fingerprint density at radius 1 is 1.32 bits per heavy atom. The Balaban J connectivity index is 2.69. The Morgan fingerprint density at radius 3 is 2.50 bits per heavy atom. The van der Waals surface area contributed by atoms with Gasteiger partial charge in [-0.2, -0.15) is 13.2 Å². The van der Waals surface area contributed by atoms with Crippen LogP contribution < -0.4 is 10.1 Å². The molecule has 0 spiro atoms. The van der Waals surface area contributed by atoms with Crippen molar-refractivity contribution in [1.29, 1.82) is 0 Å². The van der Waals surface area contributed by atoms with Crippen LogP contribution in [-0.4, -0.2) is 31.9 Å². The van der Waals surface area contributed by atoms with Crippen molar-refractivity contribution in [3.63, 3.8) is 0 Å². The summed E-state index contributed by atoms with van der Waals surface area (Å²) in [7, 11) is 1.51. The third-order valence-electron chi connectivity index (χ3n) is 3.08. The highest BCUT2D eigenvalue weighted by molar-refractivity contribution is 5.80. The lowest BCUT2D eigenvalue weighted by atomic mass is 10.0. The molecule has 1 N–H and O–H groups in total. The molecule has 0 aromatic heterocycles. The first-order valence-corrected chi connectivity index (χ1v) is 6.77. The van der Waals surface area contributed by atoms with Crippen molar-refractivity contribution in [2.45, 2.75) is 39.1 Å². The second kappa shape index (κ2) is 7.49. The fourth-order valence-electron chi connectivity index (χ4n) is 1.90. The first-order valence-electron chi connectivity index (χ1n) is 6.77. The van der Waals surface area contributed by atoms with E-state index in [2.05, 4.69) is 10.1 Å². The van der Waals surface area contributed by atoms with E-state index in [1.165, 1.54) is 14.0 Å². The van der Waals surface area contributed by atoms with Crippen molar-refractivity contribution in [2.75, 3.05) is 13.7 Å². The molecule has 0 heterocycles. The van der Waals surface area contributed by atoms with Crippen LogP contribution in [0.3, 0.4) is 0 Å². The van der Waals surface area contributed by atoms with Crippen molar-refractivity contribution >= 4 is 5.91 Å². The minimum Gasteiger partial charge on any atom is -0.496 e. The average molecular weight is 319 g/mol. The minimum absolute atomic E-state index is 0.417. The van der Waals surface area contributed by atoms with Crippen LogP contribution in [0, 0.1) is 6.92 Å². The van der Waals surface area contributed by atoms with Crippen LogP contribution in [0.5, 0.6) is 5.75 Å². The van der Waals surface area contributed by atoms with Crippen LogP contribution >= 0.6 is 0 Å². The van der Waals surface area contributed by atoms with Crippen LogP contribution in [0.1, 0.15) is 31.0 Å². The van der Waals surface area contributed by atoms with E-state index < -0.39 is 30.8 Å². The van der Waals surface area contributed by atoms with Crippen molar-refractivity contribution in [3.8, 4) is 5.75 Å². The van der Waals surface area contributed by atoms with E-state index in [1.807, 2.05) is 19.1 Å². The standard InChI is InChI=1S/C15H20F3NO3/c1-9-5-6-13(21-4)12(7-9)10(2)19-14(20)11(3)22-8-15(16,17)18/h5-7,10-11H,8H2,1-4H3,(H,19,20). The Kier molecular flexibility index (Phi) is 6.22. The normalized spacial score (nSPS) is 14.3. The number of carbonyl (C=O) groups excluding carboxylic acids is 1. The van der Waals surface area contributed by atoms with Crippen LogP contribution in [0.15, 0.2) is 18.2 Å². The summed E-state index contributed by atoms with van der Waals surface area (Å²) in [6.45, 7) is 3.45. The minimum atomic E-state index is -4.46. The van der Waals surface area contributed by atoms with Crippen molar-refractivity contribution < 1.29 is 27.4 Å². The maximum absolute atomic E-state index is 12.1. The van der Waals surface area contributed by atoms with Crippen molar-refractivity contribution in [2.24, 2.45) is 0 Å². The number of aryl methyl sites for hydroxylation is 1. The lowest BCUT2D eigenvalue weighted by Crippen LogP contribution is -2.37. The van der Waals surface area contributed by atoms with Gasteiger partial charge in [-0.1, -0.05) is 17.7 Å². The number of alkyl halides is 3. The molecular formula is C15H20F3NO3. The highest BCUT2D eigenvalue weighted by Crippen LogP contribution is 2.26. The van der Waals surface area contributed by atoms with E-state index in [-0.39, 0.29) is 0 Å². The van der Waals surface area contributed by atoms with E-state index in [0.717, 1.165) is 11.1 Å². The Labute approximate surface area is 127 Å². The van der Waals surface area contributed by atoms with Gasteiger partial charge >= 0.3 is 6.18 Å². The van der Waals surface area contributed by atoms with Crippen molar-refractivity contribution in [3.05, 3.63) is 29.3 Å². The predicted octanol–water partition coefficient (Wildman–Crippen LogP) is 3.15. The highest BCUT2D eigenvalue weighted by Gasteiger charge is 2.30. The number of hydrogen-bond donors (Lipinski definition) is 1. The Hall–Kier alpha value is -1.76. The summed E-state index contributed by atoms with van der Waals surface area (Å²) in [5.41, 5.74) is 1.73. The summed E-state index contributed by atoms with van der Waals surface area (Å²) >= 11 is 0. The SMILES string of the molecule is COc1ccc(C)cc1C(C)NC(=O)C(C)OCC(F)(F)F. The van der Waals surface area contributed by atoms with Crippen LogP contribution in [0.2, 0.25) is 0 Å². The summed E-state index contributed by atoms with van der Waals surface area (Å²) in [5.74, 6) is -0.0115. The van der Waals surface area contributed by atoms with Gasteiger partial charge in [-0.05, 0) is 26.8 Å². The number of nitrogens with one attached hydrogen (secondary N) is 1. The zero-order valence-electron chi connectivity index (χ0n) is 13.0. The molecule has 1 aromatic rings.